The summed E-state index contributed by atoms with van der Waals surface area (Å²) in [6.07, 6.45) is -2.28. The van der Waals surface area contributed by atoms with E-state index in [0.717, 1.165) is 24.8 Å². The lowest BCUT2D eigenvalue weighted by Gasteiger charge is -2.40. The van der Waals surface area contributed by atoms with Crippen LogP contribution in [-0.4, -0.2) is 61.2 Å². The monoisotopic (exact) mass is 350 g/mol. The lowest BCUT2D eigenvalue weighted by molar-refractivity contribution is -0.238. The van der Waals surface area contributed by atoms with Crippen LogP contribution in [0.4, 0.5) is 0 Å². The molecule has 3 fully saturated rings. The number of aliphatic hydroxyl groups excluding tert-OH is 4. The van der Waals surface area contributed by atoms with Crippen molar-refractivity contribution in [2.24, 2.45) is 5.41 Å². The first-order valence-electron chi connectivity index (χ1n) is 9.05. The van der Waals surface area contributed by atoms with Gasteiger partial charge in [-0.2, -0.15) is 0 Å². The van der Waals surface area contributed by atoms with Gasteiger partial charge < -0.3 is 30.3 Å². The Kier molecular flexibility index (Phi) is 3.99. The molecular formula is C19H26O6. The van der Waals surface area contributed by atoms with Crippen LogP contribution in [0, 0.1) is 5.41 Å². The maximum absolute atomic E-state index is 11.4. The summed E-state index contributed by atoms with van der Waals surface area (Å²) in [5, 5.41) is 53.1. The predicted octanol–water partition coefficient (Wildman–Crippen LogP) is 0.0944. The molecular weight excluding hydrogens is 324 g/mol. The summed E-state index contributed by atoms with van der Waals surface area (Å²) < 4.78 is 6.10. The van der Waals surface area contributed by atoms with Gasteiger partial charge in [0.2, 0.25) is 0 Å². The third kappa shape index (κ3) is 1.95. The summed E-state index contributed by atoms with van der Waals surface area (Å²) in [5.41, 5.74) is -3.19. The second-order valence-electron chi connectivity index (χ2n) is 7.79. The Labute approximate surface area is 146 Å². The zero-order chi connectivity index (χ0) is 17.9. The van der Waals surface area contributed by atoms with Crippen molar-refractivity contribution in [1.29, 1.82) is 0 Å². The van der Waals surface area contributed by atoms with E-state index in [4.69, 9.17) is 4.74 Å². The first-order valence-corrected chi connectivity index (χ1v) is 9.05. The van der Waals surface area contributed by atoms with Gasteiger partial charge in [-0.1, -0.05) is 49.6 Å². The topological polar surface area (TPSA) is 110 Å². The molecule has 0 radical (unpaired) electrons. The van der Waals surface area contributed by atoms with Crippen molar-refractivity contribution >= 4 is 0 Å². The molecule has 25 heavy (non-hydrogen) atoms. The second-order valence-corrected chi connectivity index (χ2v) is 7.79. The summed E-state index contributed by atoms with van der Waals surface area (Å²) >= 11 is 0. The van der Waals surface area contributed by atoms with Crippen molar-refractivity contribution in [2.75, 3.05) is 0 Å². The highest BCUT2D eigenvalue weighted by Crippen LogP contribution is 2.78. The molecule has 0 bridgehead atoms. The molecule has 4 rings (SSSR count). The number of benzene rings is 1. The highest BCUT2D eigenvalue weighted by Gasteiger charge is 2.95. The lowest BCUT2D eigenvalue weighted by atomic mass is 9.81. The second kappa shape index (κ2) is 5.74. The van der Waals surface area contributed by atoms with Crippen molar-refractivity contribution < 1.29 is 30.3 Å². The Balaban J connectivity index is 1.72. The normalized spacial score (nSPS) is 45.2. The van der Waals surface area contributed by atoms with E-state index in [1.807, 2.05) is 30.3 Å². The van der Waals surface area contributed by atoms with Gasteiger partial charge >= 0.3 is 0 Å². The molecule has 6 heteroatoms. The number of fused-ring (bicyclic) bond motifs is 3. The average Bonchev–Trinajstić information content (AvgIpc) is 3.11. The van der Waals surface area contributed by atoms with Crippen LogP contribution >= 0.6 is 0 Å². The number of aliphatic hydroxyl groups is 5. The van der Waals surface area contributed by atoms with E-state index in [2.05, 4.69) is 0 Å². The SMILES string of the molecule is O[C@@H]1[C@@H](O)[C@H](O)[C@]2(OCc3ccccc3)C3(CCCCC3)[C@]2(O)[C@H]1O. The van der Waals surface area contributed by atoms with Crippen LogP contribution in [0.25, 0.3) is 0 Å². The third-order valence-electron chi connectivity index (χ3n) is 6.80. The molecule has 1 spiro atoms. The predicted molar refractivity (Wildman–Crippen MR) is 88.5 cm³/mol. The fraction of sp³-hybridized carbons (Fsp3) is 0.684. The van der Waals surface area contributed by atoms with Crippen LogP contribution in [0.2, 0.25) is 0 Å². The van der Waals surface area contributed by atoms with Crippen molar-refractivity contribution in [3.8, 4) is 0 Å². The molecule has 138 valence electrons. The highest BCUT2D eigenvalue weighted by molar-refractivity contribution is 5.44. The van der Waals surface area contributed by atoms with E-state index in [-0.39, 0.29) is 6.61 Å². The van der Waals surface area contributed by atoms with Crippen LogP contribution in [0.1, 0.15) is 37.7 Å². The summed E-state index contributed by atoms with van der Waals surface area (Å²) in [7, 11) is 0. The molecule has 3 aliphatic rings. The average molecular weight is 350 g/mol. The van der Waals surface area contributed by atoms with Gasteiger partial charge in [-0.25, -0.2) is 0 Å². The zero-order valence-corrected chi connectivity index (χ0v) is 14.1. The first kappa shape index (κ1) is 17.4. The fourth-order valence-corrected chi connectivity index (χ4v) is 5.58. The van der Waals surface area contributed by atoms with Crippen molar-refractivity contribution in [3.63, 3.8) is 0 Å². The minimum absolute atomic E-state index is 0.150. The number of rotatable bonds is 3. The maximum Gasteiger partial charge on any atom is 0.137 e. The van der Waals surface area contributed by atoms with E-state index in [0.29, 0.717) is 12.8 Å². The minimum atomic E-state index is -1.76. The van der Waals surface area contributed by atoms with Gasteiger partial charge in [-0.05, 0) is 18.4 Å². The molecule has 0 saturated heterocycles. The molecule has 0 amide bonds. The van der Waals surface area contributed by atoms with Gasteiger partial charge in [-0.15, -0.1) is 0 Å². The van der Waals surface area contributed by atoms with Crippen LogP contribution in [0.15, 0.2) is 30.3 Å². The van der Waals surface area contributed by atoms with Crippen LogP contribution in [-0.2, 0) is 11.3 Å². The van der Waals surface area contributed by atoms with Crippen molar-refractivity contribution in [2.45, 2.75) is 74.3 Å². The molecule has 5 N–H and O–H groups in total. The van der Waals surface area contributed by atoms with Crippen molar-refractivity contribution in [1.82, 2.24) is 0 Å². The number of ether oxygens (including phenoxy) is 1. The fourth-order valence-electron chi connectivity index (χ4n) is 5.58. The van der Waals surface area contributed by atoms with Gasteiger partial charge in [0.05, 0.1) is 6.61 Å². The zero-order valence-electron chi connectivity index (χ0n) is 14.1. The molecule has 0 aromatic heterocycles. The summed E-state index contributed by atoms with van der Waals surface area (Å²) in [5.74, 6) is 0. The molecule has 6 atom stereocenters. The first-order chi connectivity index (χ1) is 11.9. The number of hydrogen-bond donors (Lipinski definition) is 5. The third-order valence-corrected chi connectivity index (χ3v) is 6.80. The largest absolute Gasteiger partial charge is 0.387 e. The Morgan fingerprint density at radius 1 is 0.880 bits per heavy atom. The summed E-state index contributed by atoms with van der Waals surface area (Å²) in [6.45, 7) is 0.150. The Hall–Kier alpha value is -1.02. The minimum Gasteiger partial charge on any atom is -0.387 e. The summed E-state index contributed by atoms with van der Waals surface area (Å²) in [6, 6.07) is 9.38. The number of hydrogen-bond acceptors (Lipinski definition) is 6. The quantitative estimate of drug-likeness (QED) is 0.529. The highest BCUT2D eigenvalue weighted by atomic mass is 16.6. The summed E-state index contributed by atoms with van der Waals surface area (Å²) in [4.78, 5) is 0. The van der Waals surface area contributed by atoms with Gasteiger partial charge in [0.15, 0.2) is 0 Å². The molecule has 1 aromatic rings. The van der Waals surface area contributed by atoms with E-state index >= 15 is 0 Å². The van der Waals surface area contributed by atoms with Crippen molar-refractivity contribution in [3.05, 3.63) is 35.9 Å². The van der Waals surface area contributed by atoms with E-state index in [9.17, 15) is 25.5 Å². The Morgan fingerprint density at radius 2 is 1.48 bits per heavy atom. The molecule has 3 aliphatic carbocycles. The van der Waals surface area contributed by atoms with E-state index in [1.54, 1.807) is 0 Å². The molecule has 6 nitrogen and oxygen atoms in total. The van der Waals surface area contributed by atoms with Crippen LogP contribution in [0.3, 0.4) is 0 Å². The molecule has 1 aromatic carbocycles. The Morgan fingerprint density at radius 3 is 2.12 bits per heavy atom. The van der Waals surface area contributed by atoms with E-state index < -0.39 is 41.0 Å². The lowest BCUT2D eigenvalue weighted by Crippen LogP contribution is -2.64. The molecule has 3 saturated carbocycles. The standard InChI is InChI=1S/C19H26O6/c20-13-14(21)16(23)19(25-11-12-7-3-1-4-8-12)17(9-5-2-6-10-17)18(19,24)15(13)22/h1,3-4,7-8,13-16,20-24H,2,5-6,9-11H2/t13-,14-,15+,16+,18-,19+/m1/s1. The van der Waals surface area contributed by atoms with Crippen LogP contribution in [0.5, 0.6) is 0 Å². The molecule has 0 unspecified atom stereocenters. The van der Waals surface area contributed by atoms with Gasteiger partial charge in [0.1, 0.15) is 35.6 Å². The van der Waals surface area contributed by atoms with Gasteiger partial charge in [0.25, 0.3) is 0 Å². The molecule has 0 aliphatic heterocycles. The Bertz CT molecular complexity index is 624. The molecule has 0 heterocycles. The van der Waals surface area contributed by atoms with E-state index in [1.165, 1.54) is 0 Å². The maximum atomic E-state index is 11.4. The van der Waals surface area contributed by atoms with Gasteiger partial charge in [-0.3, -0.25) is 0 Å². The smallest absolute Gasteiger partial charge is 0.137 e. The van der Waals surface area contributed by atoms with Crippen LogP contribution < -0.4 is 0 Å². The van der Waals surface area contributed by atoms with Gasteiger partial charge in [0, 0.05) is 5.41 Å².